The highest BCUT2D eigenvalue weighted by Crippen LogP contribution is 2.41. The molecule has 2 saturated heterocycles. The highest BCUT2D eigenvalue weighted by Gasteiger charge is 2.52. The summed E-state index contributed by atoms with van der Waals surface area (Å²) in [6.07, 6.45) is 5.55. The van der Waals surface area contributed by atoms with Crippen LogP contribution in [0.15, 0.2) is 85.1 Å². The maximum Gasteiger partial charge on any atom is 0.241 e. The summed E-state index contributed by atoms with van der Waals surface area (Å²) in [6.45, 7) is 1.03. The molecule has 6 nitrogen and oxygen atoms in total. The van der Waals surface area contributed by atoms with Crippen LogP contribution in [0.1, 0.15) is 48.6 Å². The molecule has 182 valence electrons. The molecule has 2 amide bonds. The van der Waals surface area contributed by atoms with Crippen molar-refractivity contribution in [2.75, 3.05) is 6.61 Å². The lowest BCUT2D eigenvalue weighted by Gasteiger charge is -2.28. The maximum atomic E-state index is 14.1. The Balaban J connectivity index is 1.40. The van der Waals surface area contributed by atoms with E-state index >= 15 is 0 Å². The van der Waals surface area contributed by atoms with E-state index in [9.17, 15) is 9.59 Å². The average molecular weight is 480 g/mol. The first kappa shape index (κ1) is 22.7. The van der Waals surface area contributed by atoms with Gasteiger partial charge in [0.15, 0.2) is 6.23 Å². The Hall–Kier alpha value is -3.77. The molecule has 2 fully saturated rings. The predicted octanol–water partition coefficient (Wildman–Crippen LogP) is 5.18. The van der Waals surface area contributed by atoms with Gasteiger partial charge in [0.05, 0.1) is 23.7 Å². The lowest BCUT2D eigenvalue weighted by atomic mass is 9.74. The molecule has 6 heteroatoms. The fourth-order valence-electron chi connectivity index (χ4n) is 5.63. The van der Waals surface area contributed by atoms with E-state index in [2.05, 4.69) is 5.10 Å². The Bertz CT molecular complexity index is 1390. The van der Waals surface area contributed by atoms with Gasteiger partial charge in [0.2, 0.25) is 11.8 Å². The normalized spacial score (nSPS) is 22.4. The number of carbonyl (C=O) groups excluding carboxylic acids is 2. The van der Waals surface area contributed by atoms with E-state index in [4.69, 9.17) is 4.74 Å². The van der Waals surface area contributed by atoms with Gasteiger partial charge in [-0.15, -0.1) is 0 Å². The minimum absolute atomic E-state index is 0.0589. The van der Waals surface area contributed by atoms with Crippen molar-refractivity contribution in [1.29, 1.82) is 0 Å². The number of amides is 2. The zero-order valence-corrected chi connectivity index (χ0v) is 20.2. The molecule has 0 saturated carbocycles. The SMILES string of the molecule is O=C1C[C@@](Cc2ccccc2)(c2ccc3c(cnn3[C@@H]3CCCCO3)c2)C(=O)N1Cc1ccccc1. The second-order valence-electron chi connectivity index (χ2n) is 9.88. The number of benzene rings is 3. The van der Waals surface area contributed by atoms with Crippen molar-refractivity contribution in [3.63, 3.8) is 0 Å². The standard InChI is InChI=1S/C30H29N3O3/c34-27-19-30(18-22-9-3-1-4-10-22,29(35)32(27)21-23-11-5-2-6-12-23)25-14-15-26-24(17-25)20-31-33(26)28-13-7-8-16-36-28/h1-6,9-12,14-15,17,20,28H,7-8,13,16,18-19,21H2/t28-,30-/m0/s1. The van der Waals surface area contributed by atoms with Gasteiger partial charge in [-0.2, -0.15) is 5.10 Å². The van der Waals surface area contributed by atoms with Crippen molar-refractivity contribution >= 4 is 22.7 Å². The molecule has 0 bridgehead atoms. The monoisotopic (exact) mass is 479 g/mol. The van der Waals surface area contributed by atoms with E-state index in [1.165, 1.54) is 4.90 Å². The number of nitrogens with zero attached hydrogens (tertiary/aromatic N) is 3. The van der Waals surface area contributed by atoms with Gasteiger partial charge < -0.3 is 4.74 Å². The van der Waals surface area contributed by atoms with Crippen molar-refractivity contribution in [2.24, 2.45) is 0 Å². The fraction of sp³-hybridized carbons (Fsp3) is 0.300. The minimum Gasteiger partial charge on any atom is -0.356 e. The van der Waals surface area contributed by atoms with E-state index in [0.29, 0.717) is 6.42 Å². The highest BCUT2D eigenvalue weighted by molar-refractivity contribution is 6.09. The smallest absolute Gasteiger partial charge is 0.241 e. The number of hydrogen-bond donors (Lipinski definition) is 0. The number of likely N-dealkylation sites (tertiary alicyclic amines) is 1. The average Bonchev–Trinajstić information content (AvgIpc) is 3.45. The lowest BCUT2D eigenvalue weighted by molar-refractivity contribution is -0.140. The van der Waals surface area contributed by atoms with E-state index in [1.54, 1.807) is 0 Å². The molecule has 36 heavy (non-hydrogen) atoms. The zero-order chi connectivity index (χ0) is 24.5. The molecule has 0 N–H and O–H groups in total. The van der Waals surface area contributed by atoms with Crippen LogP contribution in [0.4, 0.5) is 0 Å². The second kappa shape index (κ2) is 9.36. The first-order valence-electron chi connectivity index (χ1n) is 12.7. The molecule has 4 aromatic rings. The number of imide groups is 1. The molecule has 1 aromatic heterocycles. The topological polar surface area (TPSA) is 64.4 Å². The predicted molar refractivity (Wildman–Crippen MR) is 137 cm³/mol. The Morgan fingerprint density at radius 1 is 0.917 bits per heavy atom. The van der Waals surface area contributed by atoms with E-state index in [-0.39, 0.29) is 31.0 Å². The zero-order valence-electron chi connectivity index (χ0n) is 20.2. The summed E-state index contributed by atoms with van der Waals surface area (Å²) in [5.41, 5.74) is 2.87. The third-order valence-electron chi connectivity index (χ3n) is 7.52. The summed E-state index contributed by atoms with van der Waals surface area (Å²) < 4.78 is 7.91. The van der Waals surface area contributed by atoms with Crippen LogP contribution in [0.5, 0.6) is 0 Å². The summed E-state index contributed by atoms with van der Waals surface area (Å²) in [7, 11) is 0. The number of carbonyl (C=O) groups is 2. The number of ether oxygens (including phenoxy) is 1. The molecule has 2 aliphatic heterocycles. The van der Waals surface area contributed by atoms with Gasteiger partial charge in [0, 0.05) is 18.4 Å². The van der Waals surface area contributed by atoms with Gasteiger partial charge in [-0.05, 0) is 54.5 Å². The molecule has 3 heterocycles. The molecular formula is C30H29N3O3. The number of aromatic nitrogens is 2. The van der Waals surface area contributed by atoms with Crippen LogP contribution >= 0.6 is 0 Å². The summed E-state index contributed by atoms with van der Waals surface area (Å²) in [5.74, 6) is -0.270. The number of rotatable bonds is 6. The minimum atomic E-state index is -0.954. The van der Waals surface area contributed by atoms with Crippen LogP contribution in [0.2, 0.25) is 0 Å². The third kappa shape index (κ3) is 4.01. The molecule has 0 radical (unpaired) electrons. The Morgan fingerprint density at radius 2 is 1.67 bits per heavy atom. The van der Waals surface area contributed by atoms with E-state index in [1.807, 2.05) is 89.7 Å². The van der Waals surface area contributed by atoms with Gasteiger partial charge in [0.1, 0.15) is 0 Å². The highest BCUT2D eigenvalue weighted by atomic mass is 16.5. The lowest BCUT2D eigenvalue weighted by Crippen LogP contribution is -2.40. The summed E-state index contributed by atoms with van der Waals surface area (Å²) in [4.78, 5) is 28.8. The Kier molecular flexibility index (Phi) is 5.89. The molecule has 2 atom stereocenters. The van der Waals surface area contributed by atoms with Crippen LogP contribution in [-0.4, -0.2) is 33.1 Å². The molecule has 3 aromatic carbocycles. The van der Waals surface area contributed by atoms with Gasteiger partial charge in [-0.25, -0.2) is 4.68 Å². The molecule has 0 spiro atoms. The summed E-state index contributed by atoms with van der Waals surface area (Å²) in [5, 5.41) is 5.58. The molecule has 0 aliphatic carbocycles. The molecule has 2 aliphatic rings. The number of hydrogen-bond acceptors (Lipinski definition) is 4. The summed E-state index contributed by atoms with van der Waals surface area (Å²) in [6, 6.07) is 25.7. The van der Waals surface area contributed by atoms with Gasteiger partial charge in [-0.3, -0.25) is 14.5 Å². The van der Waals surface area contributed by atoms with Crippen LogP contribution in [0, 0.1) is 0 Å². The Morgan fingerprint density at radius 3 is 2.39 bits per heavy atom. The van der Waals surface area contributed by atoms with Gasteiger partial charge in [-0.1, -0.05) is 66.7 Å². The van der Waals surface area contributed by atoms with Crippen molar-refractivity contribution in [2.45, 2.75) is 50.3 Å². The van der Waals surface area contributed by atoms with Crippen molar-refractivity contribution in [1.82, 2.24) is 14.7 Å². The van der Waals surface area contributed by atoms with E-state index < -0.39 is 5.41 Å². The maximum absolute atomic E-state index is 14.1. The molecular weight excluding hydrogens is 450 g/mol. The Labute approximate surface area is 210 Å². The van der Waals surface area contributed by atoms with Gasteiger partial charge in [0.25, 0.3) is 0 Å². The van der Waals surface area contributed by atoms with E-state index in [0.717, 1.165) is 53.5 Å². The number of fused-ring (bicyclic) bond motifs is 1. The summed E-state index contributed by atoms with van der Waals surface area (Å²) >= 11 is 0. The van der Waals surface area contributed by atoms with Crippen molar-refractivity contribution in [3.8, 4) is 0 Å². The molecule has 6 rings (SSSR count). The van der Waals surface area contributed by atoms with Crippen LogP contribution in [0.3, 0.4) is 0 Å². The third-order valence-corrected chi connectivity index (χ3v) is 7.52. The van der Waals surface area contributed by atoms with Crippen LogP contribution in [-0.2, 0) is 32.7 Å². The van der Waals surface area contributed by atoms with Crippen molar-refractivity contribution < 1.29 is 14.3 Å². The quantitative estimate of drug-likeness (QED) is 0.358. The second-order valence-corrected chi connectivity index (χ2v) is 9.88. The fourth-order valence-corrected chi connectivity index (χ4v) is 5.63. The van der Waals surface area contributed by atoms with Crippen molar-refractivity contribution in [3.05, 3.63) is 102 Å². The first-order chi connectivity index (χ1) is 17.6. The largest absolute Gasteiger partial charge is 0.356 e. The first-order valence-corrected chi connectivity index (χ1v) is 12.7. The van der Waals surface area contributed by atoms with Crippen LogP contribution in [0.25, 0.3) is 10.9 Å². The van der Waals surface area contributed by atoms with Crippen LogP contribution < -0.4 is 0 Å². The van der Waals surface area contributed by atoms with Gasteiger partial charge >= 0.3 is 0 Å². The molecule has 0 unspecified atom stereocenters.